The molecule has 0 aliphatic rings. The van der Waals surface area contributed by atoms with E-state index < -0.39 is 4.92 Å². The highest BCUT2D eigenvalue weighted by Gasteiger charge is 2.07. The first-order chi connectivity index (χ1) is 5.24. The molecule has 11 heavy (non-hydrogen) atoms. The molecule has 0 saturated heterocycles. The van der Waals surface area contributed by atoms with Crippen LogP contribution in [0.2, 0.25) is 0 Å². The van der Waals surface area contributed by atoms with Crippen molar-refractivity contribution in [3.63, 3.8) is 0 Å². The van der Waals surface area contributed by atoms with Crippen molar-refractivity contribution in [3.8, 4) is 5.88 Å². The molecule has 0 aromatic carbocycles. The summed E-state index contributed by atoms with van der Waals surface area (Å²) in [5.74, 6) is 0.0450. The van der Waals surface area contributed by atoms with Crippen LogP contribution in [0, 0.1) is 10.1 Å². The Hall–Kier alpha value is -1.65. The highest BCUT2D eigenvalue weighted by molar-refractivity contribution is 5.24. The van der Waals surface area contributed by atoms with Crippen molar-refractivity contribution in [1.29, 1.82) is 0 Å². The van der Waals surface area contributed by atoms with Gasteiger partial charge in [0.15, 0.2) is 0 Å². The molecule has 0 aliphatic carbocycles. The average Bonchev–Trinajstić information content (AvgIpc) is 2.05. The fraction of sp³-hybridized carbons (Fsp3) is 0.167. The molecule has 5 nitrogen and oxygen atoms in total. The summed E-state index contributed by atoms with van der Waals surface area (Å²) < 4.78 is 4.69. The van der Waals surface area contributed by atoms with Crippen molar-refractivity contribution in [2.75, 3.05) is 7.11 Å². The lowest BCUT2D eigenvalue weighted by molar-refractivity contribution is -0.389. The van der Waals surface area contributed by atoms with Gasteiger partial charge in [-0.15, -0.1) is 0 Å². The maximum absolute atomic E-state index is 10.2. The van der Waals surface area contributed by atoms with Gasteiger partial charge in [-0.05, 0) is 11.0 Å². The number of rotatable bonds is 2. The molecule has 5 heteroatoms. The van der Waals surface area contributed by atoms with Gasteiger partial charge in [0, 0.05) is 17.1 Å². The van der Waals surface area contributed by atoms with Crippen molar-refractivity contribution >= 4 is 5.82 Å². The van der Waals surface area contributed by atoms with Crippen LogP contribution in [0.5, 0.6) is 5.88 Å². The Morgan fingerprint density at radius 2 is 2.36 bits per heavy atom. The lowest BCUT2D eigenvalue weighted by atomic mass is 10.4. The minimum absolute atomic E-state index is 0.204. The van der Waals surface area contributed by atoms with Crippen LogP contribution >= 0.6 is 0 Å². The van der Waals surface area contributed by atoms with Crippen LogP contribution in [0.25, 0.3) is 0 Å². The van der Waals surface area contributed by atoms with Gasteiger partial charge in [-0.1, -0.05) is 0 Å². The fourth-order valence-electron chi connectivity index (χ4n) is 0.619. The first-order valence-electron chi connectivity index (χ1n) is 2.89. The first kappa shape index (κ1) is 7.46. The molecule has 0 atom stereocenters. The molecule has 0 bridgehead atoms. The number of nitrogens with zero attached hydrogens (tertiary/aromatic N) is 2. The standard InChI is InChI=1S/C6H6N2O3/c1-11-6-4-2-3-5(7-6)8(9)10/h2-4H,1H3. The van der Waals surface area contributed by atoms with Crippen LogP contribution < -0.4 is 4.74 Å². The Bertz CT molecular complexity index is 274. The van der Waals surface area contributed by atoms with E-state index in [1.54, 1.807) is 6.07 Å². The molecule has 0 unspecified atom stereocenters. The van der Waals surface area contributed by atoms with Gasteiger partial charge in [0.25, 0.3) is 0 Å². The Morgan fingerprint density at radius 3 is 2.91 bits per heavy atom. The van der Waals surface area contributed by atoms with Gasteiger partial charge in [0.05, 0.1) is 7.11 Å². The van der Waals surface area contributed by atoms with Gasteiger partial charge in [0.1, 0.15) is 0 Å². The second-order valence-electron chi connectivity index (χ2n) is 1.80. The van der Waals surface area contributed by atoms with E-state index >= 15 is 0 Å². The van der Waals surface area contributed by atoms with E-state index in [0.717, 1.165) is 0 Å². The van der Waals surface area contributed by atoms with E-state index in [2.05, 4.69) is 9.72 Å². The molecule has 0 saturated carbocycles. The molecule has 1 heterocycles. The SMILES string of the molecule is COc1cccc([N+](=O)[O-])n1. The Labute approximate surface area is 62.8 Å². The summed E-state index contributed by atoms with van der Waals surface area (Å²) in [6.45, 7) is 0. The number of pyridine rings is 1. The number of aromatic nitrogens is 1. The summed E-state index contributed by atoms with van der Waals surface area (Å²) in [5, 5.41) is 10.2. The molecular weight excluding hydrogens is 148 g/mol. The Kier molecular flexibility index (Phi) is 2.00. The summed E-state index contributed by atoms with van der Waals surface area (Å²) in [4.78, 5) is 13.2. The quantitative estimate of drug-likeness (QED) is 0.470. The second kappa shape index (κ2) is 2.96. The predicted molar refractivity (Wildman–Crippen MR) is 37.4 cm³/mol. The van der Waals surface area contributed by atoms with E-state index in [1.807, 2.05) is 0 Å². The van der Waals surface area contributed by atoms with Gasteiger partial charge in [0.2, 0.25) is 0 Å². The average molecular weight is 154 g/mol. The molecular formula is C6H6N2O3. The highest BCUT2D eigenvalue weighted by atomic mass is 16.6. The number of hydrogen-bond donors (Lipinski definition) is 0. The van der Waals surface area contributed by atoms with Crippen LogP contribution in [0.4, 0.5) is 5.82 Å². The largest absolute Gasteiger partial charge is 0.463 e. The summed E-state index contributed by atoms with van der Waals surface area (Å²) in [6, 6.07) is 4.37. The van der Waals surface area contributed by atoms with Gasteiger partial charge in [-0.2, -0.15) is 0 Å². The minimum atomic E-state index is -0.567. The number of ether oxygens (including phenoxy) is 1. The minimum Gasteiger partial charge on any atom is -0.463 e. The second-order valence-corrected chi connectivity index (χ2v) is 1.80. The number of nitro groups is 1. The normalized spacial score (nSPS) is 9.18. The third-order valence-electron chi connectivity index (χ3n) is 1.11. The lowest BCUT2D eigenvalue weighted by Gasteiger charge is -1.92. The summed E-state index contributed by atoms with van der Waals surface area (Å²) >= 11 is 0. The number of methoxy groups -OCH3 is 1. The zero-order valence-electron chi connectivity index (χ0n) is 5.85. The fourth-order valence-corrected chi connectivity index (χ4v) is 0.619. The van der Waals surface area contributed by atoms with E-state index in [-0.39, 0.29) is 11.7 Å². The van der Waals surface area contributed by atoms with E-state index in [9.17, 15) is 10.1 Å². The topological polar surface area (TPSA) is 65.3 Å². The smallest absolute Gasteiger partial charge is 0.367 e. The predicted octanol–water partition coefficient (Wildman–Crippen LogP) is 0.998. The molecule has 0 radical (unpaired) electrons. The maximum atomic E-state index is 10.2. The van der Waals surface area contributed by atoms with E-state index in [4.69, 9.17) is 0 Å². The molecule has 58 valence electrons. The molecule has 0 fully saturated rings. The van der Waals surface area contributed by atoms with Gasteiger partial charge in [-0.3, -0.25) is 0 Å². The van der Waals surface area contributed by atoms with Crippen LogP contribution in [0.3, 0.4) is 0 Å². The third kappa shape index (κ3) is 1.64. The van der Waals surface area contributed by atoms with Crippen molar-refractivity contribution < 1.29 is 9.66 Å². The van der Waals surface area contributed by atoms with Crippen LogP contribution in [-0.4, -0.2) is 17.0 Å². The molecule has 0 spiro atoms. The zero-order chi connectivity index (χ0) is 8.27. The molecule has 0 N–H and O–H groups in total. The lowest BCUT2D eigenvalue weighted by Crippen LogP contribution is -1.93. The molecule has 0 amide bonds. The Balaban J connectivity index is 3.01. The van der Waals surface area contributed by atoms with Crippen LogP contribution in [0.1, 0.15) is 0 Å². The zero-order valence-corrected chi connectivity index (χ0v) is 5.85. The van der Waals surface area contributed by atoms with Crippen molar-refractivity contribution in [3.05, 3.63) is 28.3 Å². The summed E-state index contributed by atoms with van der Waals surface area (Å²) in [6.07, 6.45) is 0. The molecule has 1 rings (SSSR count). The summed E-state index contributed by atoms with van der Waals surface area (Å²) in [5.41, 5.74) is 0. The maximum Gasteiger partial charge on any atom is 0.367 e. The van der Waals surface area contributed by atoms with E-state index in [1.165, 1.54) is 19.2 Å². The number of hydrogen-bond acceptors (Lipinski definition) is 4. The summed E-state index contributed by atoms with van der Waals surface area (Å²) in [7, 11) is 1.41. The monoisotopic (exact) mass is 154 g/mol. The van der Waals surface area contributed by atoms with Crippen molar-refractivity contribution in [2.45, 2.75) is 0 Å². The van der Waals surface area contributed by atoms with Crippen LogP contribution in [0.15, 0.2) is 18.2 Å². The van der Waals surface area contributed by atoms with Crippen molar-refractivity contribution in [2.24, 2.45) is 0 Å². The van der Waals surface area contributed by atoms with Gasteiger partial charge >= 0.3 is 11.7 Å². The Morgan fingerprint density at radius 1 is 1.64 bits per heavy atom. The molecule has 1 aromatic heterocycles. The highest BCUT2D eigenvalue weighted by Crippen LogP contribution is 2.11. The molecule has 1 aromatic rings. The van der Waals surface area contributed by atoms with Crippen molar-refractivity contribution in [1.82, 2.24) is 4.98 Å². The first-order valence-corrected chi connectivity index (χ1v) is 2.89. The van der Waals surface area contributed by atoms with Gasteiger partial charge in [-0.25, -0.2) is 0 Å². The molecule has 0 aliphatic heterocycles. The van der Waals surface area contributed by atoms with Crippen LogP contribution in [-0.2, 0) is 0 Å². The van der Waals surface area contributed by atoms with E-state index in [0.29, 0.717) is 0 Å². The van der Waals surface area contributed by atoms with Gasteiger partial charge < -0.3 is 14.9 Å². The third-order valence-corrected chi connectivity index (χ3v) is 1.11.